The smallest absolute Gasteiger partial charge is 0.368 e. The molecule has 3 aromatic rings. The summed E-state index contributed by atoms with van der Waals surface area (Å²) in [6.07, 6.45) is -3.32. The maximum absolute atomic E-state index is 12.9. The molecular weight excluding hydrogens is 283 g/mol. The lowest BCUT2D eigenvalue weighted by molar-refractivity contribution is -0.139. The van der Waals surface area contributed by atoms with E-state index in [4.69, 9.17) is 5.73 Å². The highest BCUT2D eigenvalue weighted by Crippen LogP contribution is 2.32. The van der Waals surface area contributed by atoms with Gasteiger partial charge in [-0.1, -0.05) is 30.3 Å². The van der Waals surface area contributed by atoms with Crippen molar-refractivity contribution in [3.8, 4) is 0 Å². The Kier molecular flexibility index (Phi) is 3.00. The zero-order chi connectivity index (χ0) is 15.0. The fraction of sp³-hybridized carbons (Fsp3) is 0.154. The number of anilines is 1. The summed E-state index contributed by atoms with van der Waals surface area (Å²) in [6.45, 7) is 0.352. The van der Waals surface area contributed by atoms with Crippen LogP contribution in [0.3, 0.4) is 0 Å². The Morgan fingerprint density at radius 2 is 1.81 bits per heavy atom. The summed E-state index contributed by atoms with van der Waals surface area (Å²) in [6, 6.07) is 9.28. The number of benzene rings is 1. The molecule has 0 fully saturated rings. The topological polar surface area (TPSA) is 69.6 Å². The molecule has 0 unspecified atom stereocenters. The Hall–Kier alpha value is -2.64. The van der Waals surface area contributed by atoms with Crippen molar-refractivity contribution in [1.82, 2.24) is 19.5 Å². The lowest BCUT2D eigenvalue weighted by Gasteiger charge is -2.08. The monoisotopic (exact) mass is 293 g/mol. The Bertz CT molecular complexity index is 780. The third-order valence-electron chi connectivity index (χ3n) is 2.95. The van der Waals surface area contributed by atoms with Gasteiger partial charge in [0.25, 0.3) is 0 Å². The third kappa shape index (κ3) is 2.51. The Morgan fingerprint density at radius 3 is 2.48 bits per heavy atom. The van der Waals surface area contributed by atoms with E-state index in [-0.39, 0.29) is 11.2 Å². The molecule has 0 bridgehead atoms. The average Bonchev–Trinajstić information content (AvgIpc) is 2.81. The first-order valence-corrected chi connectivity index (χ1v) is 6.04. The van der Waals surface area contributed by atoms with Crippen molar-refractivity contribution >= 4 is 17.1 Å². The molecule has 8 heteroatoms. The SMILES string of the molecule is Nc1nc(C(F)(F)F)c2ncn(Cc3ccccc3)c2n1. The van der Waals surface area contributed by atoms with Crippen LogP contribution in [-0.4, -0.2) is 19.5 Å². The zero-order valence-electron chi connectivity index (χ0n) is 10.7. The molecule has 0 saturated carbocycles. The molecule has 0 amide bonds. The maximum atomic E-state index is 12.9. The van der Waals surface area contributed by atoms with Gasteiger partial charge in [-0.15, -0.1) is 0 Å². The number of halogens is 3. The molecule has 1 aromatic carbocycles. The first-order valence-electron chi connectivity index (χ1n) is 6.04. The molecule has 108 valence electrons. The van der Waals surface area contributed by atoms with Crippen LogP contribution in [0.2, 0.25) is 0 Å². The standard InChI is InChI=1S/C13H10F3N5/c14-13(15,16)10-9-11(20-12(17)19-10)21(7-18-9)6-8-4-2-1-3-5-8/h1-5,7H,6H2,(H2,17,19,20). The number of nitrogen functional groups attached to an aromatic ring is 1. The number of hydrogen-bond acceptors (Lipinski definition) is 4. The van der Waals surface area contributed by atoms with Crippen molar-refractivity contribution in [3.05, 3.63) is 47.9 Å². The zero-order valence-corrected chi connectivity index (χ0v) is 10.7. The Balaban J connectivity index is 2.12. The van der Waals surface area contributed by atoms with Gasteiger partial charge in [0.1, 0.15) is 5.52 Å². The molecule has 0 spiro atoms. The number of imidazole rings is 1. The van der Waals surface area contributed by atoms with E-state index in [9.17, 15) is 13.2 Å². The third-order valence-corrected chi connectivity index (χ3v) is 2.95. The van der Waals surface area contributed by atoms with Gasteiger partial charge in [-0.05, 0) is 5.56 Å². The fourth-order valence-electron chi connectivity index (χ4n) is 2.05. The van der Waals surface area contributed by atoms with Crippen LogP contribution in [0, 0.1) is 0 Å². The van der Waals surface area contributed by atoms with Crippen molar-refractivity contribution in [2.75, 3.05) is 5.73 Å². The quantitative estimate of drug-likeness (QED) is 0.788. The van der Waals surface area contributed by atoms with E-state index in [0.29, 0.717) is 6.54 Å². The first kappa shape index (κ1) is 13.3. The highest BCUT2D eigenvalue weighted by Gasteiger charge is 2.37. The molecule has 2 N–H and O–H groups in total. The fourth-order valence-corrected chi connectivity index (χ4v) is 2.05. The first-order chi connectivity index (χ1) is 9.95. The number of rotatable bonds is 2. The maximum Gasteiger partial charge on any atom is 0.435 e. The van der Waals surface area contributed by atoms with Crippen LogP contribution in [0.4, 0.5) is 19.1 Å². The molecular formula is C13H10F3N5. The molecule has 2 aromatic heterocycles. The molecule has 3 rings (SSSR count). The molecule has 0 atom stereocenters. The van der Waals surface area contributed by atoms with Crippen molar-refractivity contribution in [1.29, 1.82) is 0 Å². The lowest BCUT2D eigenvalue weighted by Crippen LogP contribution is -2.12. The van der Waals surface area contributed by atoms with Crippen LogP contribution in [0.5, 0.6) is 0 Å². The Labute approximate surface area is 117 Å². The van der Waals surface area contributed by atoms with E-state index >= 15 is 0 Å². The number of aromatic nitrogens is 4. The molecule has 0 aliphatic heterocycles. The van der Waals surface area contributed by atoms with Gasteiger partial charge in [0.2, 0.25) is 5.95 Å². The van der Waals surface area contributed by atoms with Gasteiger partial charge in [0, 0.05) is 0 Å². The number of alkyl halides is 3. The summed E-state index contributed by atoms with van der Waals surface area (Å²) in [7, 11) is 0. The van der Waals surface area contributed by atoms with E-state index in [1.165, 1.54) is 10.9 Å². The number of nitrogens with two attached hydrogens (primary N) is 1. The Morgan fingerprint density at radius 1 is 1.10 bits per heavy atom. The number of hydrogen-bond donors (Lipinski definition) is 1. The van der Waals surface area contributed by atoms with Crippen LogP contribution in [0.15, 0.2) is 36.7 Å². The van der Waals surface area contributed by atoms with Gasteiger partial charge < -0.3 is 10.3 Å². The van der Waals surface area contributed by atoms with Gasteiger partial charge in [-0.2, -0.15) is 18.2 Å². The van der Waals surface area contributed by atoms with Crippen molar-refractivity contribution < 1.29 is 13.2 Å². The van der Waals surface area contributed by atoms with Crippen LogP contribution >= 0.6 is 0 Å². The summed E-state index contributed by atoms with van der Waals surface area (Å²) in [5, 5.41) is 0. The average molecular weight is 293 g/mol. The van der Waals surface area contributed by atoms with Gasteiger partial charge in [0.15, 0.2) is 11.3 Å². The van der Waals surface area contributed by atoms with E-state index in [1.807, 2.05) is 30.3 Å². The largest absolute Gasteiger partial charge is 0.435 e. The second-order valence-corrected chi connectivity index (χ2v) is 4.46. The van der Waals surface area contributed by atoms with E-state index in [1.54, 1.807) is 0 Å². The summed E-state index contributed by atoms with van der Waals surface area (Å²) >= 11 is 0. The highest BCUT2D eigenvalue weighted by molar-refractivity contribution is 5.75. The minimum absolute atomic E-state index is 0.0682. The summed E-state index contributed by atoms with van der Waals surface area (Å²) in [4.78, 5) is 10.9. The summed E-state index contributed by atoms with van der Waals surface area (Å²) < 4.78 is 40.3. The second-order valence-electron chi connectivity index (χ2n) is 4.46. The van der Waals surface area contributed by atoms with Gasteiger partial charge >= 0.3 is 6.18 Å². The van der Waals surface area contributed by atoms with Crippen molar-refractivity contribution in [2.24, 2.45) is 0 Å². The van der Waals surface area contributed by atoms with E-state index in [0.717, 1.165) is 5.56 Å². The highest BCUT2D eigenvalue weighted by atomic mass is 19.4. The van der Waals surface area contributed by atoms with Crippen molar-refractivity contribution in [2.45, 2.75) is 12.7 Å². The van der Waals surface area contributed by atoms with Crippen LogP contribution in [0.1, 0.15) is 11.3 Å². The lowest BCUT2D eigenvalue weighted by atomic mass is 10.2. The number of fused-ring (bicyclic) bond motifs is 1. The van der Waals surface area contributed by atoms with Crippen molar-refractivity contribution in [3.63, 3.8) is 0 Å². The molecule has 21 heavy (non-hydrogen) atoms. The van der Waals surface area contributed by atoms with Crippen LogP contribution < -0.4 is 5.73 Å². The van der Waals surface area contributed by atoms with Crippen LogP contribution in [0.25, 0.3) is 11.2 Å². The van der Waals surface area contributed by atoms with Gasteiger partial charge in [-0.3, -0.25) is 0 Å². The van der Waals surface area contributed by atoms with Gasteiger partial charge in [-0.25, -0.2) is 9.97 Å². The normalized spacial score (nSPS) is 12.0. The van der Waals surface area contributed by atoms with E-state index in [2.05, 4.69) is 15.0 Å². The molecule has 5 nitrogen and oxygen atoms in total. The molecule has 0 aliphatic rings. The minimum Gasteiger partial charge on any atom is -0.368 e. The minimum atomic E-state index is -4.62. The summed E-state index contributed by atoms with van der Waals surface area (Å²) in [5.74, 6) is -0.426. The predicted octanol–water partition coefficient (Wildman–Crippen LogP) is 2.48. The van der Waals surface area contributed by atoms with Gasteiger partial charge in [0.05, 0.1) is 12.9 Å². The molecule has 0 radical (unpaired) electrons. The van der Waals surface area contributed by atoms with E-state index < -0.39 is 17.8 Å². The molecule has 2 heterocycles. The summed E-state index contributed by atoms with van der Waals surface area (Å²) in [5.41, 5.74) is 4.95. The molecule has 0 saturated heterocycles. The predicted molar refractivity (Wildman–Crippen MR) is 70.3 cm³/mol. The number of nitrogens with zero attached hydrogens (tertiary/aromatic N) is 4. The van der Waals surface area contributed by atoms with Crippen LogP contribution in [-0.2, 0) is 12.7 Å². The second kappa shape index (κ2) is 4.72. The molecule has 0 aliphatic carbocycles.